The molecule has 0 fully saturated rings. The van der Waals surface area contributed by atoms with Crippen molar-refractivity contribution in [2.75, 3.05) is 10.8 Å². The number of para-hydroxylation sites is 1. The average Bonchev–Trinajstić information content (AvgIpc) is 3.54. The van der Waals surface area contributed by atoms with E-state index in [9.17, 15) is 13.2 Å². The van der Waals surface area contributed by atoms with E-state index >= 15 is 0 Å². The van der Waals surface area contributed by atoms with E-state index in [0.717, 1.165) is 17.0 Å². The van der Waals surface area contributed by atoms with Crippen molar-refractivity contribution in [3.63, 3.8) is 0 Å². The number of ketones is 1. The Labute approximate surface area is 204 Å². The molecule has 0 saturated heterocycles. The van der Waals surface area contributed by atoms with Crippen molar-refractivity contribution in [2.24, 2.45) is 0 Å². The van der Waals surface area contributed by atoms with Crippen LogP contribution in [0.4, 0.5) is 5.69 Å². The van der Waals surface area contributed by atoms with Gasteiger partial charge < -0.3 is 4.52 Å². The standard InChI is InChI=1S/C25H27N5O4S/c1-15-12-21(18(4)30(15)24-13-16(2)34-27-24)23(31)14-28-19(5)25(17(3)26-28)35(32,33)29-11-10-20-8-6-7-9-22(20)29/h6-9,12-13H,10-11,14H2,1-5H3. The lowest BCUT2D eigenvalue weighted by Crippen LogP contribution is -2.30. The van der Waals surface area contributed by atoms with Gasteiger partial charge in [0.25, 0.3) is 10.0 Å². The van der Waals surface area contributed by atoms with Gasteiger partial charge in [0, 0.05) is 29.6 Å². The van der Waals surface area contributed by atoms with Crippen LogP contribution < -0.4 is 4.31 Å². The van der Waals surface area contributed by atoms with Crippen LogP contribution in [-0.4, -0.2) is 40.3 Å². The maximum Gasteiger partial charge on any atom is 0.268 e. The fourth-order valence-corrected chi connectivity index (χ4v) is 6.83. The molecule has 10 heteroatoms. The van der Waals surface area contributed by atoms with Crippen LogP contribution in [0.1, 0.15) is 44.5 Å². The summed E-state index contributed by atoms with van der Waals surface area (Å²) in [6.45, 7) is 9.25. The fourth-order valence-electron chi connectivity index (χ4n) is 4.95. The van der Waals surface area contributed by atoms with Gasteiger partial charge in [-0.15, -0.1) is 0 Å². The van der Waals surface area contributed by atoms with Gasteiger partial charge >= 0.3 is 0 Å². The summed E-state index contributed by atoms with van der Waals surface area (Å²) < 4.78 is 37.3. The Morgan fingerprint density at radius 3 is 2.51 bits per heavy atom. The number of anilines is 1. The van der Waals surface area contributed by atoms with Gasteiger partial charge in [0.05, 0.1) is 17.1 Å². The monoisotopic (exact) mass is 493 g/mol. The van der Waals surface area contributed by atoms with E-state index in [1.54, 1.807) is 13.8 Å². The number of rotatable bonds is 6. The predicted octanol–water partition coefficient (Wildman–Crippen LogP) is 3.84. The second-order valence-corrected chi connectivity index (χ2v) is 10.8. The third-order valence-corrected chi connectivity index (χ3v) is 8.64. The SMILES string of the molecule is Cc1cc(-n2c(C)cc(C(=O)Cn3nc(C)c(S(=O)(=O)N4CCc5ccccc54)c3C)c2C)no1. The summed E-state index contributed by atoms with van der Waals surface area (Å²) in [4.78, 5) is 13.5. The highest BCUT2D eigenvalue weighted by atomic mass is 32.2. The van der Waals surface area contributed by atoms with Gasteiger partial charge in [-0.1, -0.05) is 23.4 Å². The number of carbonyl (C=O) groups is 1. The number of nitrogens with zero attached hydrogens (tertiary/aromatic N) is 5. The van der Waals surface area contributed by atoms with Gasteiger partial charge in [-0.05, 0) is 58.7 Å². The molecule has 182 valence electrons. The topological polar surface area (TPSA) is 103 Å². The molecular weight excluding hydrogens is 466 g/mol. The number of fused-ring (bicyclic) bond motifs is 1. The largest absolute Gasteiger partial charge is 0.360 e. The number of hydrogen-bond donors (Lipinski definition) is 0. The smallest absolute Gasteiger partial charge is 0.268 e. The maximum absolute atomic E-state index is 13.6. The molecule has 35 heavy (non-hydrogen) atoms. The van der Waals surface area contributed by atoms with E-state index < -0.39 is 10.0 Å². The molecule has 0 saturated carbocycles. The summed E-state index contributed by atoms with van der Waals surface area (Å²) in [6, 6.07) is 11.1. The van der Waals surface area contributed by atoms with E-state index in [4.69, 9.17) is 4.52 Å². The maximum atomic E-state index is 13.6. The Kier molecular flexibility index (Phi) is 5.43. The second kappa shape index (κ2) is 8.23. The molecule has 0 aliphatic carbocycles. The molecule has 0 bridgehead atoms. The molecule has 5 rings (SSSR count). The highest BCUT2D eigenvalue weighted by Gasteiger charge is 2.35. The van der Waals surface area contributed by atoms with Gasteiger partial charge in [-0.25, -0.2) is 8.42 Å². The lowest BCUT2D eigenvalue weighted by molar-refractivity contribution is 0.0966. The van der Waals surface area contributed by atoms with Crippen LogP contribution >= 0.6 is 0 Å². The normalized spacial score (nSPS) is 13.5. The number of Topliss-reactive ketones (excluding diaryl/α,β-unsaturated/α-hetero) is 1. The molecule has 0 N–H and O–H groups in total. The summed E-state index contributed by atoms with van der Waals surface area (Å²) >= 11 is 0. The van der Waals surface area contributed by atoms with Crippen LogP contribution in [0.5, 0.6) is 0 Å². The second-order valence-electron chi connectivity index (χ2n) is 8.95. The van der Waals surface area contributed by atoms with Crippen molar-refractivity contribution < 1.29 is 17.7 Å². The minimum atomic E-state index is -3.82. The van der Waals surface area contributed by atoms with Crippen LogP contribution in [-0.2, 0) is 23.0 Å². The number of benzene rings is 1. The van der Waals surface area contributed by atoms with Gasteiger partial charge in [-0.3, -0.25) is 18.3 Å². The Balaban J connectivity index is 1.46. The lowest BCUT2D eigenvalue weighted by Gasteiger charge is -2.19. The van der Waals surface area contributed by atoms with E-state index in [1.807, 2.05) is 61.7 Å². The first kappa shape index (κ1) is 23.1. The quantitative estimate of drug-likeness (QED) is 0.378. The third-order valence-electron chi connectivity index (χ3n) is 6.58. The van der Waals surface area contributed by atoms with Crippen molar-refractivity contribution in [2.45, 2.75) is 52.5 Å². The van der Waals surface area contributed by atoms with E-state index in [0.29, 0.717) is 47.2 Å². The number of hydrogen-bond acceptors (Lipinski definition) is 6. The molecule has 0 atom stereocenters. The van der Waals surface area contributed by atoms with Crippen LogP contribution in [0.2, 0.25) is 0 Å². The zero-order valence-corrected chi connectivity index (χ0v) is 21.2. The van der Waals surface area contributed by atoms with Crippen LogP contribution in [0, 0.1) is 34.6 Å². The molecule has 1 aliphatic heterocycles. The summed E-state index contributed by atoms with van der Waals surface area (Å²) in [5.74, 6) is 1.13. The Hall–Kier alpha value is -3.66. The van der Waals surface area contributed by atoms with E-state index in [-0.39, 0.29) is 17.2 Å². The number of aromatic nitrogens is 4. The first-order valence-electron chi connectivity index (χ1n) is 11.4. The van der Waals surface area contributed by atoms with Gasteiger partial charge in [0.1, 0.15) is 17.2 Å². The summed E-state index contributed by atoms with van der Waals surface area (Å²) in [5.41, 5.74) is 4.66. The average molecular weight is 494 g/mol. The van der Waals surface area contributed by atoms with E-state index in [1.165, 1.54) is 8.99 Å². The minimum Gasteiger partial charge on any atom is -0.360 e. The van der Waals surface area contributed by atoms with Crippen LogP contribution in [0.15, 0.2) is 45.8 Å². The van der Waals surface area contributed by atoms with Gasteiger partial charge in [0.15, 0.2) is 11.6 Å². The Morgan fingerprint density at radius 1 is 1.06 bits per heavy atom. The molecule has 0 radical (unpaired) electrons. The van der Waals surface area contributed by atoms with Gasteiger partial charge in [0.2, 0.25) is 0 Å². The third kappa shape index (κ3) is 3.68. The predicted molar refractivity (Wildman–Crippen MR) is 131 cm³/mol. The molecule has 0 spiro atoms. The molecule has 3 aromatic heterocycles. The number of sulfonamides is 1. The zero-order chi connectivity index (χ0) is 25.1. The van der Waals surface area contributed by atoms with Crippen molar-refractivity contribution in [3.05, 3.63) is 76.1 Å². The fraction of sp³-hybridized carbons (Fsp3) is 0.320. The molecule has 0 unspecified atom stereocenters. The highest BCUT2D eigenvalue weighted by molar-refractivity contribution is 7.93. The molecule has 4 heterocycles. The lowest BCUT2D eigenvalue weighted by atomic mass is 10.1. The first-order valence-corrected chi connectivity index (χ1v) is 12.8. The Bertz CT molecular complexity index is 1580. The van der Waals surface area contributed by atoms with Crippen molar-refractivity contribution in [1.82, 2.24) is 19.5 Å². The van der Waals surface area contributed by atoms with Crippen LogP contribution in [0.3, 0.4) is 0 Å². The minimum absolute atomic E-state index is 0.0685. The number of carbonyl (C=O) groups excluding carboxylic acids is 1. The highest BCUT2D eigenvalue weighted by Crippen LogP contribution is 2.34. The molecular formula is C25H27N5O4S. The number of aryl methyl sites for hydroxylation is 3. The van der Waals surface area contributed by atoms with Crippen molar-refractivity contribution in [1.29, 1.82) is 0 Å². The van der Waals surface area contributed by atoms with Crippen LogP contribution in [0.25, 0.3) is 5.82 Å². The summed E-state index contributed by atoms with van der Waals surface area (Å²) in [7, 11) is -3.82. The summed E-state index contributed by atoms with van der Waals surface area (Å²) in [6.07, 6.45) is 0.667. The van der Waals surface area contributed by atoms with Crippen molar-refractivity contribution >= 4 is 21.5 Å². The first-order chi connectivity index (χ1) is 16.6. The molecule has 1 aliphatic rings. The zero-order valence-electron chi connectivity index (χ0n) is 20.4. The molecule has 1 aromatic carbocycles. The Morgan fingerprint density at radius 2 is 1.80 bits per heavy atom. The molecule has 9 nitrogen and oxygen atoms in total. The molecule has 4 aromatic rings. The summed E-state index contributed by atoms with van der Waals surface area (Å²) in [5, 5.41) is 8.51. The van der Waals surface area contributed by atoms with Gasteiger partial charge in [-0.2, -0.15) is 5.10 Å². The molecule has 0 amide bonds. The van der Waals surface area contributed by atoms with Crippen molar-refractivity contribution in [3.8, 4) is 5.82 Å². The van der Waals surface area contributed by atoms with E-state index in [2.05, 4.69) is 10.3 Å².